The molecule has 1 unspecified atom stereocenters. The summed E-state index contributed by atoms with van der Waals surface area (Å²) in [5.41, 5.74) is 12.5. The molecule has 0 spiro atoms. The Kier molecular flexibility index (Phi) is 5.64. The van der Waals surface area contributed by atoms with E-state index in [-0.39, 0.29) is 0 Å². The lowest BCUT2D eigenvalue weighted by atomic mass is 10.00. The standard InChI is InChI=1S/C26H25N3O2S/c1-32(30)23-8-5-18(6-9-23)24-17-21-15-20(7-10-25(21)28-26(24)27)19-3-2-4-22(16-19)29-11-13-31-14-12-29/h2-10,15-17H,11-14H2,1H3,(H2,27,28). The molecule has 5 nitrogen and oxygen atoms in total. The Balaban J connectivity index is 1.52. The number of hydrogen-bond acceptors (Lipinski definition) is 5. The Labute approximate surface area is 190 Å². The topological polar surface area (TPSA) is 68.5 Å². The number of pyridine rings is 1. The second kappa shape index (κ2) is 8.73. The van der Waals surface area contributed by atoms with Crippen LogP contribution < -0.4 is 10.6 Å². The minimum atomic E-state index is -1.01. The van der Waals surface area contributed by atoms with E-state index in [0.29, 0.717) is 5.82 Å². The van der Waals surface area contributed by atoms with Crippen LogP contribution in [0, 0.1) is 0 Å². The molecule has 1 saturated heterocycles. The quantitative estimate of drug-likeness (QED) is 0.494. The number of aromatic nitrogens is 1. The molecule has 0 radical (unpaired) electrons. The molecule has 4 aromatic rings. The number of rotatable bonds is 4. The summed E-state index contributed by atoms with van der Waals surface area (Å²) in [6, 6.07) is 24.7. The van der Waals surface area contributed by atoms with Gasteiger partial charge in [0.25, 0.3) is 0 Å². The minimum absolute atomic E-state index is 0.491. The molecule has 3 aromatic carbocycles. The molecule has 5 rings (SSSR count). The highest BCUT2D eigenvalue weighted by atomic mass is 32.2. The number of fused-ring (bicyclic) bond motifs is 1. The fraction of sp³-hybridized carbons (Fsp3) is 0.192. The van der Waals surface area contributed by atoms with Crippen molar-refractivity contribution >= 4 is 33.2 Å². The van der Waals surface area contributed by atoms with Crippen molar-refractivity contribution in [3.8, 4) is 22.3 Å². The maximum Gasteiger partial charge on any atom is 0.131 e. The predicted octanol–water partition coefficient (Wildman–Crippen LogP) is 4.73. The van der Waals surface area contributed by atoms with Crippen molar-refractivity contribution in [2.45, 2.75) is 4.90 Å². The van der Waals surface area contributed by atoms with Crippen LogP contribution in [0.4, 0.5) is 11.5 Å². The number of nitrogens with two attached hydrogens (primary N) is 1. The SMILES string of the molecule is CS(=O)c1ccc(-c2cc3cc(-c4cccc(N5CCOCC5)c4)ccc3nc2N)cc1. The van der Waals surface area contributed by atoms with E-state index in [1.807, 2.05) is 30.3 Å². The molecule has 0 bridgehead atoms. The van der Waals surface area contributed by atoms with E-state index in [4.69, 9.17) is 10.5 Å². The third-order valence-corrected chi connectivity index (χ3v) is 6.83. The van der Waals surface area contributed by atoms with Gasteiger partial charge in [-0.25, -0.2) is 4.98 Å². The van der Waals surface area contributed by atoms with Gasteiger partial charge in [-0.15, -0.1) is 0 Å². The summed E-state index contributed by atoms with van der Waals surface area (Å²) in [5, 5.41) is 1.03. The number of benzene rings is 3. The van der Waals surface area contributed by atoms with Gasteiger partial charge in [-0.05, 0) is 59.2 Å². The molecular weight excluding hydrogens is 418 g/mol. The molecule has 1 aromatic heterocycles. The molecule has 1 fully saturated rings. The summed E-state index contributed by atoms with van der Waals surface area (Å²) < 4.78 is 17.2. The van der Waals surface area contributed by atoms with E-state index in [9.17, 15) is 4.21 Å². The molecule has 2 heterocycles. The maximum absolute atomic E-state index is 11.7. The fourth-order valence-electron chi connectivity index (χ4n) is 4.13. The normalized spacial score (nSPS) is 15.1. The van der Waals surface area contributed by atoms with Crippen LogP contribution in [0.1, 0.15) is 0 Å². The molecule has 1 aliphatic rings. The van der Waals surface area contributed by atoms with Gasteiger partial charge < -0.3 is 15.4 Å². The zero-order valence-corrected chi connectivity index (χ0v) is 18.8. The molecule has 2 N–H and O–H groups in total. The highest BCUT2D eigenvalue weighted by Crippen LogP contribution is 2.32. The van der Waals surface area contributed by atoms with Crippen molar-refractivity contribution in [2.24, 2.45) is 0 Å². The highest BCUT2D eigenvalue weighted by molar-refractivity contribution is 7.84. The van der Waals surface area contributed by atoms with E-state index in [1.165, 1.54) is 11.3 Å². The summed E-state index contributed by atoms with van der Waals surface area (Å²) in [6.45, 7) is 3.37. The molecule has 0 amide bonds. The van der Waals surface area contributed by atoms with Crippen LogP contribution in [0.15, 0.2) is 77.7 Å². The molecular formula is C26H25N3O2S. The molecule has 162 valence electrons. The van der Waals surface area contributed by atoms with Gasteiger partial charge in [-0.2, -0.15) is 0 Å². The first-order valence-electron chi connectivity index (χ1n) is 10.7. The largest absolute Gasteiger partial charge is 0.383 e. The molecule has 0 saturated carbocycles. The van der Waals surface area contributed by atoms with Gasteiger partial charge in [-0.3, -0.25) is 4.21 Å². The average molecular weight is 444 g/mol. The number of hydrogen-bond donors (Lipinski definition) is 1. The van der Waals surface area contributed by atoms with Crippen LogP contribution >= 0.6 is 0 Å². The minimum Gasteiger partial charge on any atom is -0.383 e. The van der Waals surface area contributed by atoms with Crippen LogP contribution in [-0.2, 0) is 15.5 Å². The number of nitrogen functional groups attached to an aromatic ring is 1. The predicted molar refractivity (Wildman–Crippen MR) is 132 cm³/mol. The smallest absolute Gasteiger partial charge is 0.131 e. The van der Waals surface area contributed by atoms with Gasteiger partial charge in [0, 0.05) is 51.7 Å². The first-order chi connectivity index (χ1) is 15.6. The Bertz CT molecular complexity index is 1300. The van der Waals surface area contributed by atoms with E-state index >= 15 is 0 Å². The fourth-order valence-corrected chi connectivity index (χ4v) is 4.65. The van der Waals surface area contributed by atoms with E-state index in [2.05, 4.69) is 52.3 Å². The molecule has 32 heavy (non-hydrogen) atoms. The van der Waals surface area contributed by atoms with Gasteiger partial charge in [-0.1, -0.05) is 30.3 Å². The maximum atomic E-state index is 11.7. The summed E-state index contributed by atoms with van der Waals surface area (Å²) in [6.07, 6.45) is 1.68. The average Bonchev–Trinajstić information content (AvgIpc) is 2.84. The van der Waals surface area contributed by atoms with Gasteiger partial charge in [0.1, 0.15) is 5.82 Å². The number of anilines is 2. The lowest BCUT2D eigenvalue weighted by Gasteiger charge is -2.29. The van der Waals surface area contributed by atoms with Gasteiger partial charge >= 0.3 is 0 Å². The van der Waals surface area contributed by atoms with Crippen molar-refractivity contribution < 1.29 is 8.95 Å². The Morgan fingerprint density at radius 3 is 2.38 bits per heavy atom. The molecule has 6 heteroatoms. The van der Waals surface area contributed by atoms with Gasteiger partial charge in [0.2, 0.25) is 0 Å². The Hall–Kier alpha value is -3.22. The monoisotopic (exact) mass is 443 g/mol. The Morgan fingerprint density at radius 2 is 1.62 bits per heavy atom. The Morgan fingerprint density at radius 1 is 0.906 bits per heavy atom. The van der Waals surface area contributed by atoms with Crippen LogP contribution in [0.25, 0.3) is 33.2 Å². The molecule has 1 aliphatic heterocycles. The first-order valence-corrected chi connectivity index (χ1v) is 12.2. The van der Waals surface area contributed by atoms with E-state index in [1.54, 1.807) is 6.26 Å². The third kappa shape index (κ3) is 4.11. The van der Waals surface area contributed by atoms with Crippen LogP contribution in [0.5, 0.6) is 0 Å². The van der Waals surface area contributed by atoms with Crippen LogP contribution in [-0.4, -0.2) is 41.8 Å². The van der Waals surface area contributed by atoms with Crippen molar-refractivity contribution in [3.63, 3.8) is 0 Å². The third-order valence-electron chi connectivity index (χ3n) is 5.90. The number of ether oxygens (including phenoxy) is 1. The van der Waals surface area contributed by atoms with Gasteiger partial charge in [0.15, 0.2) is 0 Å². The van der Waals surface area contributed by atoms with Crippen molar-refractivity contribution in [3.05, 3.63) is 72.8 Å². The molecule has 1 atom stereocenters. The van der Waals surface area contributed by atoms with Crippen molar-refractivity contribution in [1.82, 2.24) is 4.98 Å². The second-order valence-corrected chi connectivity index (χ2v) is 9.34. The summed E-state index contributed by atoms with van der Waals surface area (Å²) in [4.78, 5) is 7.79. The van der Waals surface area contributed by atoms with Crippen molar-refractivity contribution in [1.29, 1.82) is 0 Å². The summed E-state index contributed by atoms with van der Waals surface area (Å²) in [7, 11) is -1.01. The number of morpholine rings is 1. The lowest BCUT2D eigenvalue weighted by Crippen LogP contribution is -2.36. The van der Waals surface area contributed by atoms with E-state index in [0.717, 1.165) is 58.8 Å². The van der Waals surface area contributed by atoms with Crippen LogP contribution in [0.2, 0.25) is 0 Å². The first kappa shape index (κ1) is 20.7. The van der Waals surface area contributed by atoms with Crippen molar-refractivity contribution in [2.75, 3.05) is 43.2 Å². The highest BCUT2D eigenvalue weighted by Gasteiger charge is 2.13. The zero-order chi connectivity index (χ0) is 22.1. The number of nitrogens with zero attached hydrogens (tertiary/aromatic N) is 2. The van der Waals surface area contributed by atoms with Crippen LogP contribution in [0.3, 0.4) is 0 Å². The lowest BCUT2D eigenvalue weighted by molar-refractivity contribution is 0.122. The van der Waals surface area contributed by atoms with Gasteiger partial charge in [0.05, 0.1) is 18.7 Å². The second-order valence-electron chi connectivity index (χ2n) is 7.96. The summed E-state index contributed by atoms with van der Waals surface area (Å²) >= 11 is 0. The molecule has 0 aliphatic carbocycles. The zero-order valence-electron chi connectivity index (χ0n) is 18.0. The van der Waals surface area contributed by atoms with E-state index < -0.39 is 10.8 Å². The summed E-state index contributed by atoms with van der Waals surface area (Å²) in [5.74, 6) is 0.491.